The van der Waals surface area contributed by atoms with E-state index in [2.05, 4.69) is 0 Å². The number of benzene rings is 1. The zero-order chi connectivity index (χ0) is 10.7. The summed E-state index contributed by atoms with van der Waals surface area (Å²) >= 11 is 5.89. The van der Waals surface area contributed by atoms with Crippen molar-refractivity contribution in [1.82, 2.24) is 0 Å². The number of aliphatic carboxylic acids is 1. The molecule has 0 radical (unpaired) electrons. The number of rotatable bonds is 3. The van der Waals surface area contributed by atoms with E-state index in [9.17, 15) is 4.79 Å². The molecule has 0 heterocycles. The number of carboxylic acids is 1. The van der Waals surface area contributed by atoms with Crippen LogP contribution in [0.15, 0.2) is 18.2 Å². The first-order valence-electron chi connectivity index (χ1n) is 4.24. The maximum absolute atomic E-state index is 10.5. The summed E-state index contributed by atoms with van der Waals surface area (Å²) in [5.41, 5.74) is 7.37. The van der Waals surface area contributed by atoms with E-state index in [0.717, 1.165) is 11.1 Å². The number of nitrogens with two attached hydrogens (primary N) is 1. The van der Waals surface area contributed by atoms with Gasteiger partial charge in [0.05, 0.1) is 6.42 Å². The van der Waals surface area contributed by atoms with Crippen LogP contribution in [-0.4, -0.2) is 11.1 Å². The summed E-state index contributed by atoms with van der Waals surface area (Å²) in [4.78, 5) is 10.5. The Bertz CT molecular complexity index is 352. The van der Waals surface area contributed by atoms with Gasteiger partial charge in [-0.1, -0.05) is 23.7 Å². The van der Waals surface area contributed by atoms with Crippen molar-refractivity contribution >= 4 is 17.6 Å². The molecule has 1 aromatic rings. The fraction of sp³-hybridized carbons (Fsp3) is 0.300. The highest BCUT2D eigenvalue weighted by molar-refractivity contribution is 6.31. The second-order valence-corrected chi connectivity index (χ2v) is 3.57. The molecule has 0 saturated heterocycles. The van der Waals surface area contributed by atoms with Crippen LogP contribution >= 0.6 is 11.6 Å². The van der Waals surface area contributed by atoms with Crippen LogP contribution in [0.25, 0.3) is 0 Å². The molecular formula is C10H12ClNO2. The summed E-state index contributed by atoms with van der Waals surface area (Å²) in [5.74, 6) is -0.906. The van der Waals surface area contributed by atoms with E-state index >= 15 is 0 Å². The highest BCUT2D eigenvalue weighted by Gasteiger charge is 2.13. The Morgan fingerprint density at radius 2 is 2.29 bits per heavy atom. The van der Waals surface area contributed by atoms with Gasteiger partial charge >= 0.3 is 5.97 Å². The summed E-state index contributed by atoms with van der Waals surface area (Å²) in [5, 5.41) is 9.21. The minimum atomic E-state index is -0.906. The van der Waals surface area contributed by atoms with Gasteiger partial charge < -0.3 is 10.8 Å². The van der Waals surface area contributed by atoms with Gasteiger partial charge in [-0.3, -0.25) is 4.79 Å². The molecule has 4 heteroatoms. The molecule has 0 saturated carbocycles. The predicted octanol–water partition coefficient (Wildman–Crippen LogP) is 2.12. The minimum absolute atomic E-state index is 0.0822. The first-order chi connectivity index (χ1) is 6.52. The van der Waals surface area contributed by atoms with E-state index in [1.165, 1.54) is 0 Å². The average Bonchev–Trinajstić information content (AvgIpc) is 2.08. The van der Waals surface area contributed by atoms with Crippen molar-refractivity contribution in [2.45, 2.75) is 19.4 Å². The van der Waals surface area contributed by atoms with Gasteiger partial charge in [-0.15, -0.1) is 0 Å². The van der Waals surface area contributed by atoms with Crippen LogP contribution in [0.4, 0.5) is 0 Å². The lowest BCUT2D eigenvalue weighted by Gasteiger charge is -2.13. The summed E-state index contributed by atoms with van der Waals surface area (Å²) < 4.78 is 0. The molecule has 0 aromatic heterocycles. The van der Waals surface area contributed by atoms with Crippen molar-refractivity contribution in [3.63, 3.8) is 0 Å². The third kappa shape index (κ3) is 2.47. The topological polar surface area (TPSA) is 63.3 Å². The Morgan fingerprint density at radius 1 is 1.64 bits per heavy atom. The molecule has 0 spiro atoms. The van der Waals surface area contributed by atoms with E-state index in [1.54, 1.807) is 18.2 Å². The lowest BCUT2D eigenvalue weighted by molar-refractivity contribution is -0.137. The first kappa shape index (κ1) is 11.0. The van der Waals surface area contributed by atoms with Crippen molar-refractivity contribution in [1.29, 1.82) is 0 Å². The summed E-state index contributed by atoms with van der Waals surface area (Å²) in [7, 11) is 0. The number of halogens is 1. The zero-order valence-electron chi connectivity index (χ0n) is 7.83. The van der Waals surface area contributed by atoms with Gasteiger partial charge in [-0.05, 0) is 24.1 Å². The Labute approximate surface area is 87.5 Å². The molecule has 14 heavy (non-hydrogen) atoms. The highest BCUT2D eigenvalue weighted by Crippen LogP contribution is 2.24. The van der Waals surface area contributed by atoms with Crippen molar-refractivity contribution in [3.05, 3.63) is 34.3 Å². The van der Waals surface area contributed by atoms with Crippen LogP contribution in [-0.2, 0) is 4.79 Å². The molecule has 3 nitrogen and oxygen atoms in total. The lowest BCUT2D eigenvalue weighted by atomic mass is 10.00. The molecule has 0 bridgehead atoms. The minimum Gasteiger partial charge on any atom is -0.481 e. The van der Waals surface area contributed by atoms with Crippen LogP contribution in [0.5, 0.6) is 0 Å². The average molecular weight is 214 g/mol. The molecule has 0 aliphatic rings. The molecule has 0 amide bonds. The molecule has 76 valence electrons. The third-order valence-corrected chi connectivity index (χ3v) is 2.51. The van der Waals surface area contributed by atoms with Crippen LogP contribution in [0.2, 0.25) is 5.02 Å². The molecule has 0 aliphatic heterocycles. The SMILES string of the molecule is Cc1c(Cl)cccc1[C@@H](N)CC(=O)O. The zero-order valence-corrected chi connectivity index (χ0v) is 8.58. The Hall–Kier alpha value is -1.06. The predicted molar refractivity (Wildman–Crippen MR) is 55.4 cm³/mol. The van der Waals surface area contributed by atoms with Gasteiger partial charge in [0.15, 0.2) is 0 Å². The largest absolute Gasteiger partial charge is 0.481 e. The van der Waals surface area contributed by atoms with Crippen molar-refractivity contribution in [2.24, 2.45) is 5.73 Å². The quantitative estimate of drug-likeness (QED) is 0.809. The molecule has 1 atom stereocenters. The number of hydrogen-bond acceptors (Lipinski definition) is 2. The molecule has 1 aromatic carbocycles. The maximum Gasteiger partial charge on any atom is 0.305 e. The van der Waals surface area contributed by atoms with E-state index in [-0.39, 0.29) is 6.42 Å². The van der Waals surface area contributed by atoms with Gasteiger partial charge in [-0.2, -0.15) is 0 Å². The normalized spacial score (nSPS) is 12.5. The summed E-state index contributed by atoms with van der Waals surface area (Å²) in [6.07, 6.45) is -0.0822. The molecule has 0 unspecified atom stereocenters. The molecule has 3 N–H and O–H groups in total. The second-order valence-electron chi connectivity index (χ2n) is 3.16. The Balaban J connectivity index is 2.95. The first-order valence-corrected chi connectivity index (χ1v) is 4.62. The van der Waals surface area contributed by atoms with Gasteiger partial charge in [-0.25, -0.2) is 0 Å². The van der Waals surface area contributed by atoms with E-state index in [0.29, 0.717) is 5.02 Å². The molecule has 0 fully saturated rings. The van der Waals surface area contributed by atoms with E-state index in [4.69, 9.17) is 22.4 Å². The smallest absolute Gasteiger partial charge is 0.305 e. The van der Waals surface area contributed by atoms with Gasteiger partial charge in [0.1, 0.15) is 0 Å². The number of carboxylic acid groups (broad SMARTS) is 1. The van der Waals surface area contributed by atoms with Gasteiger partial charge in [0.25, 0.3) is 0 Å². The second kappa shape index (κ2) is 4.44. The van der Waals surface area contributed by atoms with Gasteiger partial charge in [0.2, 0.25) is 0 Å². The standard InChI is InChI=1S/C10H12ClNO2/c1-6-7(3-2-4-8(6)11)9(12)5-10(13)14/h2-4,9H,5,12H2,1H3,(H,13,14)/t9-/m0/s1. The van der Waals surface area contributed by atoms with Crippen molar-refractivity contribution in [2.75, 3.05) is 0 Å². The van der Waals surface area contributed by atoms with Crippen molar-refractivity contribution in [3.8, 4) is 0 Å². The molecule has 0 aliphatic carbocycles. The van der Waals surface area contributed by atoms with Crippen LogP contribution in [0.3, 0.4) is 0 Å². The summed E-state index contributed by atoms with van der Waals surface area (Å²) in [6.45, 7) is 1.83. The molecule has 1 rings (SSSR count). The fourth-order valence-corrected chi connectivity index (χ4v) is 1.51. The van der Waals surface area contributed by atoms with Crippen LogP contribution in [0.1, 0.15) is 23.6 Å². The molecular weight excluding hydrogens is 202 g/mol. The maximum atomic E-state index is 10.5. The van der Waals surface area contributed by atoms with E-state index in [1.807, 2.05) is 6.92 Å². The number of hydrogen-bond donors (Lipinski definition) is 2. The van der Waals surface area contributed by atoms with Crippen LogP contribution < -0.4 is 5.73 Å². The van der Waals surface area contributed by atoms with E-state index < -0.39 is 12.0 Å². The number of carbonyl (C=O) groups is 1. The lowest BCUT2D eigenvalue weighted by Crippen LogP contribution is -2.16. The van der Waals surface area contributed by atoms with Gasteiger partial charge in [0, 0.05) is 11.1 Å². The third-order valence-electron chi connectivity index (χ3n) is 2.10. The summed E-state index contributed by atoms with van der Waals surface area (Å²) in [6, 6.07) is 4.83. The monoisotopic (exact) mass is 213 g/mol. The van der Waals surface area contributed by atoms with Crippen molar-refractivity contribution < 1.29 is 9.90 Å². The Kier molecular flexibility index (Phi) is 3.49. The highest BCUT2D eigenvalue weighted by atomic mass is 35.5. The fourth-order valence-electron chi connectivity index (χ4n) is 1.32. The Morgan fingerprint density at radius 3 is 2.86 bits per heavy atom. The van der Waals surface area contributed by atoms with Crippen LogP contribution in [0, 0.1) is 6.92 Å².